The van der Waals surface area contributed by atoms with Crippen LogP contribution in [0.15, 0.2) is 83.8 Å². The van der Waals surface area contributed by atoms with Crippen LogP contribution in [-0.4, -0.2) is 44.3 Å². The fourth-order valence-corrected chi connectivity index (χ4v) is 5.58. The van der Waals surface area contributed by atoms with Crippen LogP contribution in [0, 0.1) is 5.92 Å². The van der Waals surface area contributed by atoms with Gasteiger partial charge in [-0.25, -0.2) is 8.42 Å². The Morgan fingerprint density at radius 2 is 1.47 bits per heavy atom. The Labute approximate surface area is 234 Å². The van der Waals surface area contributed by atoms with E-state index in [0.717, 1.165) is 9.87 Å². The van der Waals surface area contributed by atoms with E-state index in [0.29, 0.717) is 11.6 Å². The van der Waals surface area contributed by atoms with E-state index >= 15 is 0 Å². The summed E-state index contributed by atoms with van der Waals surface area (Å²) in [6.07, 6.45) is 0. The summed E-state index contributed by atoms with van der Waals surface area (Å²) in [6.45, 7) is 5.52. The van der Waals surface area contributed by atoms with E-state index in [1.165, 1.54) is 17.0 Å². The Morgan fingerprint density at radius 1 is 0.868 bits per heavy atom. The molecule has 10 heteroatoms. The molecule has 202 valence electrons. The van der Waals surface area contributed by atoms with Crippen LogP contribution in [-0.2, 0) is 26.2 Å². The van der Waals surface area contributed by atoms with Gasteiger partial charge in [0.2, 0.25) is 11.8 Å². The lowest BCUT2D eigenvalue weighted by Gasteiger charge is -2.32. The summed E-state index contributed by atoms with van der Waals surface area (Å²) >= 11 is 12.4. The van der Waals surface area contributed by atoms with Gasteiger partial charge in [0.05, 0.1) is 15.6 Å². The van der Waals surface area contributed by atoms with Crippen LogP contribution >= 0.6 is 23.2 Å². The van der Waals surface area contributed by atoms with Gasteiger partial charge >= 0.3 is 0 Å². The first kappa shape index (κ1) is 29.5. The van der Waals surface area contributed by atoms with Crippen molar-refractivity contribution in [1.82, 2.24) is 10.2 Å². The third-order valence-electron chi connectivity index (χ3n) is 5.85. The Hall–Kier alpha value is -3.07. The first-order valence-electron chi connectivity index (χ1n) is 12.1. The first-order valence-corrected chi connectivity index (χ1v) is 14.3. The number of sulfonamides is 1. The van der Waals surface area contributed by atoms with Crippen LogP contribution in [0.5, 0.6) is 0 Å². The number of hydrogen-bond acceptors (Lipinski definition) is 4. The number of para-hydroxylation sites is 1. The van der Waals surface area contributed by atoms with Gasteiger partial charge in [-0.1, -0.05) is 79.5 Å². The van der Waals surface area contributed by atoms with Crippen molar-refractivity contribution in [3.05, 3.63) is 94.5 Å². The normalized spacial score (nSPS) is 12.2. The zero-order valence-corrected chi connectivity index (χ0v) is 23.8. The molecule has 3 aromatic carbocycles. The van der Waals surface area contributed by atoms with Crippen LogP contribution in [0.25, 0.3) is 0 Å². The minimum Gasteiger partial charge on any atom is -0.354 e. The number of amides is 2. The molecule has 0 aliphatic rings. The van der Waals surface area contributed by atoms with E-state index in [9.17, 15) is 18.0 Å². The minimum absolute atomic E-state index is 0.0136. The minimum atomic E-state index is -4.17. The molecule has 3 aromatic rings. The summed E-state index contributed by atoms with van der Waals surface area (Å²) in [5.74, 6) is -0.680. The van der Waals surface area contributed by atoms with Crippen molar-refractivity contribution >= 4 is 50.7 Å². The van der Waals surface area contributed by atoms with Crippen LogP contribution in [0.3, 0.4) is 0 Å². The lowest BCUT2D eigenvalue weighted by Crippen LogP contribution is -2.51. The van der Waals surface area contributed by atoms with Crippen LogP contribution in [0.1, 0.15) is 26.3 Å². The van der Waals surface area contributed by atoms with Gasteiger partial charge in [0.25, 0.3) is 10.0 Å². The maximum Gasteiger partial charge on any atom is 0.264 e. The number of nitrogens with zero attached hydrogens (tertiary/aromatic N) is 2. The van der Waals surface area contributed by atoms with Crippen LogP contribution in [0.4, 0.5) is 5.69 Å². The van der Waals surface area contributed by atoms with Crippen molar-refractivity contribution in [3.63, 3.8) is 0 Å². The summed E-state index contributed by atoms with van der Waals surface area (Å²) in [5, 5.41) is 3.56. The summed E-state index contributed by atoms with van der Waals surface area (Å²) < 4.78 is 28.4. The topological polar surface area (TPSA) is 86.8 Å². The highest BCUT2D eigenvalue weighted by Gasteiger charge is 2.33. The predicted octanol–water partition coefficient (Wildman–Crippen LogP) is 5.38. The molecule has 3 rings (SSSR count). The lowest BCUT2D eigenvalue weighted by molar-refractivity contribution is -0.139. The summed E-state index contributed by atoms with van der Waals surface area (Å²) in [5.41, 5.74) is 0.899. The Balaban J connectivity index is 2.00. The molecule has 0 heterocycles. The number of nitrogens with one attached hydrogen (secondary N) is 1. The zero-order valence-electron chi connectivity index (χ0n) is 21.5. The summed E-state index contributed by atoms with van der Waals surface area (Å²) in [7, 11) is -4.17. The number of rotatable bonds is 11. The Kier molecular flexibility index (Phi) is 10.2. The van der Waals surface area contributed by atoms with E-state index in [2.05, 4.69) is 5.32 Å². The zero-order chi connectivity index (χ0) is 27.9. The van der Waals surface area contributed by atoms with Crippen LogP contribution < -0.4 is 9.62 Å². The fourth-order valence-electron chi connectivity index (χ4n) is 3.71. The maximum absolute atomic E-state index is 13.8. The number of anilines is 1. The summed E-state index contributed by atoms with van der Waals surface area (Å²) in [4.78, 5) is 28.2. The molecule has 0 aromatic heterocycles. The van der Waals surface area contributed by atoms with Crippen molar-refractivity contribution < 1.29 is 18.0 Å². The smallest absolute Gasteiger partial charge is 0.264 e. The number of carbonyl (C=O) groups is 2. The standard InChI is InChI=1S/C28H31Cl2N3O4S/c1-20(2)17-31-28(35)21(3)32(18-22-13-15-23(29)16-14-22)27(34)19-33(26-12-8-7-11-25(26)30)38(36,37)24-9-5-4-6-10-24/h4-16,20-21H,17-19H2,1-3H3,(H,31,35). The van der Waals surface area contributed by atoms with Gasteiger partial charge in [-0.05, 0) is 54.8 Å². The highest BCUT2D eigenvalue weighted by Crippen LogP contribution is 2.30. The molecule has 0 saturated carbocycles. The largest absolute Gasteiger partial charge is 0.354 e. The lowest BCUT2D eigenvalue weighted by atomic mass is 10.1. The van der Waals surface area contributed by atoms with Crippen molar-refractivity contribution in [2.75, 3.05) is 17.4 Å². The molecule has 0 spiro atoms. The maximum atomic E-state index is 13.8. The van der Waals surface area contributed by atoms with Crippen molar-refractivity contribution in [2.45, 2.75) is 38.3 Å². The molecule has 1 atom stereocenters. The molecule has 0 fully saturated rings. The van der Waals surface area contributed by atoms with E-state index in [1.807, 2.05) is 13.8 Å². The van der Waals surface area contributed by atoms with Gasteiger partial charge in [-0.3, -0.25) is 13.9 Å². The molecule has 2 amide bonds. The second kappa shape index (κ2) is 13.1. The average molecular weight is 577 g/mol. The average Bonchev–Trinajstić information content (AvgIpc) is 2.90. The van der Waals surface area contributed by atoms with Crippen LogP contribution in [0.2, 0.25) is 10.0 Å². The first-order chi connectivity index (χ1) is 18.0. The van der Waals surface area contributed by atoms with Crippen molar-refractivity contribution in [3.8, 4) is 0 Å². The molecule has 0 bridgehead atoms. The molecular formula is C28H31Cl2N3O4S. The quantitative estimate of drug-likeness (QED) is 0.332. The SMILES string of the molecule is CC(C)CNC(=O)C(C)N(Cc1ccc(Cl)cc1)C(=O)CN(c1ccccc1Cl)S(=O)(=O)c1ccccc1. The fraction of sp³-hybridized carbons (Fsp3) is 0.286. The van der Waals surface area contributed by atoms with E-state index < -0.39 is 28.5 Å². The molecule has 0 aliphatic carbocycles. The molecule has 38 heavy (non-hydrogen) atoms. The molecule has 0 radical (unpaired) electrons. The molecule has 1 N–H and O–H groups in total. The number of carbonyl (C=O) groups excluding carboxylic acids is 2. The Bertz CT molecular complexity index is 1350. The monoisotopic (exact) mass is 575 g/mol. The second-order valence-electron chi connectivity index (χ2n) is 9.24. The van der Waals surface area contributed by atoms with Gasteiger partial charge in [0.15, 0.2) is 0 Å². The molecule has 0 saturated heterocycles. The number of benzene rings is 3. The van der Waals surface area contributed by atoms with Crippen molar-refractivity contribution in [2.24, 2.45) is 5.92 Å². The van der Waals surface area contributed by atoms with Gasteiger partial charge in [0, 0.05) is 18.1 Å². The molecule has 0 aliphatic heterocycles. The molecule has 7 nitrogen and oxygen atoms in total. The summed E-state index contributed by atoms with van der Waals surface area (Å²) in [6, 6.07) is 20.3. The number of halogens is 2. The molecule has 1 unspecified atom stereocenters. The van der Waals surface area contributed by atoms with E-state index in [4.69, 9.17) is 23.2 Å². The van der Waals surface area contributed by atoms with Gasteiger partial charge in [0.1, 0.15) is 12.6 Å². The number of hydrogen-bond donors (Lipinski definition) is 1. The Morgan fingerprint density at radius 3 is 2.08 bits per heavy atom. The van der Waals surface area contributed by atoms with E-state index in [1.54, 1.807) is 73.7 Å². The molecular weight excluding hydrogens is 545 g/mol. The van der Waals surface area contributed by atoms with Gasteiger partial charge in [-0.2, -0.15) is 0 Å². The highest BCUT2D eigenvalue weighted by atomic mass is 35.5. The predicted molar refractivity (Wildman–Crippen MR) is 152 cm³/mol. The highest BCUT2D eigenvalue weighted by molar-refractivity contribution is 7.92. The van der Waals surface area contributed by atoms with Gasteiger partial charge in [-0.15, -0.1) is 0 Å². The third kappa shape index (κ3) is 7.49. The van der Waals surface area contributed by atoms with E-state index in [-0.39, 0.29) is 34.0 Å². The van der Waals surface area contributed by atoms with Crippen molar-refractivity contribution in [1.29, 1.82) is 0 Å². The van der Waals surface area contributed by atoms with Gasteiger partial charge < -0.3 is 10.2 Å². The second-order valence-corrected chi connectivity index (χ2v) is 11.9. The third-order valence-corrected chi connectivity index (χ3v) is 8.19.